The number of nitrogens with two attached hydrogens (primary N) is 1. The largest absolute Gasteiger partial charge is 0.465 e. The van der Waals surface area contributed by atoms with Gasteiger partial charge in [0.25, 0.3) is 17.4 Å². The van der Waals surface area contributed by atoms with Crippen LogP contribution in [0.2, 0.25) is 5.02 Å². The molecule has 0 saturated carbocycles. The van der Waals surface area contributed by atoms with E-state index in [9.17, 15) is 28.4 Å². The van der Waals surface area contributed by atoms with Crippen molar-refractivity contribution in [3.8, 4) is 0 Å². The van der Waals surface area contributed by atoms with Gasteiger partial charge in [-0.3, -0.25) is 29.4 Å². The van der Waals surface area contributed by atoms with Crippen LogP contribution >= 0.6 is 11.6 Å². The first-order valence-electron chi connectivity index (χ1n) is 11.2. The maximum absolute atomic E-state index is 12.8. The van der Waals surface area contributed by atoms with Crippen molar-refractivity contribution in [1.82, 2.24) is 15.0 Å². The van der Waals surface area contributed by atoms with Crippen LogP contribution in [-0.4, -0.2) is 53.6 Å². The Kier molecular flexibility index (Phi) is 12.8. The van der Waals surface area contributed by atoms with Crippen LogP contribution in [0.3, 0.4) is 0 Å². The Hall–Kier alpha value is -3.93. The van der Waals surface area contributed by atoms with Crippen LogP contribution in [-0.2, 0) is 23.9 Å². The van der Waals surface area contributed by atoms with Gasteiger partial charge in [-0.25, -0.2) is 9.40 Å². The number of esters is 1. The minimum Gasteiger partial charge on any atom is -0.465 e. The Morgan fingerprint density at radius 3 is 2.46 bits per heavy atom. The van der Waals surface area contributed by atoms with Gasteiger partial charge in [-0.1, -0.05) is 31.5 Å². The number of hydrogen-bond acceptors (Lipinski definition) is 7. The predicted octanol–water partition coefficient (Wildman–Crippen LogP) is 2.24. The number of hydrazine groups is 1. The molecule has 1 unspecified atom stereocenters. The minimum atomic E-state index is -1.44. The fourth-order valence-electron chi connectivity index (χ4n) is 3.08. The van der Waals surface area contributed by atoms with E-state index in [1.807, 2.05) is 19.1 Å². The van der Waals surface area contributed by atoms with Gasteiger partial charge in [0.05, 0.1) is 17.3 Å². The molecule has 13 heteroatoms. The van der Waals surface area contributed by atoms with E-state index in [1.54, 1.807) is 26.8 Å². The summed E-state index contributed by atoms with van der Waals surface area (Å²) in [4.78, 5) is 59.2. The lowest BCUT2D eigenvalue weighted by Gasteiger charge is -2.27. The van der Waals surface area contributed by atoms with Crippen LogP contribution in [0.15, 0.2) is 41.3 Å². The maximum atomic E-state index is 12.8. The summed E-state index contributed by atoms with van der Waals surface area (Å²) < 4.78 is 18.6. The van der Waals surface area contributed by atoms with Crippen molar-refractivity contribution in [2.75, 3.05) is 30.9 Å². The lowest BCUT2D eigenvalue weighted by molar-refractivity contribution is -0.154. The van der Waals surface area contributed by atoms with Crippen molar-refractivity contribution in [2.24, 2.45) is 5.92 Å². The van der Waals surface area contributed by atoms with E-state index in [-0.39, 0.29) is 12.3 Å². The van der Waals surface area contributed by atoms with E-state index < -0.39 is 48.5 Å². The average Bonchev–Trinajstić information content (AvgIpc) is 2.83. The molecule has 0 radical (unpaired) electrons. The number of nitrogens with zero attached hydrogens (tertiary/aromatic N) is 2. The van der Waals surface area contributed by atoms with Gasteiger partial charge in [-0.05, 0) is 49.6 Å². The molecule has 0 fully saturated rings. The number of carbonyl (C=O) groups is 4. The highest BCUT2D eigenvalue weighted by atomic mass is 35.5. The summed E-state index contributed by atoms with van der Waals surface area (Å²) >= 11 is 5.69. The fourth-order valence-corrected chi connectivity index (χ4v) is 3.32. The molecule has 3 amide bonds. The highest BCUT2D eigenvalue weighted by Crippen LogP contribution is 2.19. The van der Waals surface area contributed by atoms with Gasteiger partial charge in [0.15, 0.2) is 6.67 Å². The highest BCUT2D eigenvalue weighted by Gasteiger charge is 2.29. The molecule has 1 atom stereocenters. The first kappa shape index (κ1) is 31.1. The number of aromatic nitrogens is 1. The van der Waals surface area contributed by atoms with Gasteiger partial charge in [-0.2, -0.15) is 0 Å². The molecule has 4 N–H and O–H groups in total. The third-order valence-corrected chi connectivity index (χ3v) is 5.13. The van der Waals surface area contributed by atoms with E-state index in [2.05, 4.69) is 10.7 Å². The molecule has 1 aromatic heterocycles. The second kappa shape index (κ2) is 15.2. The number of ether oxygens (including phenoxy) is 1. The molecule has 2 rings (SSSR count). The monoisotopic (exact) mass is 539 g/mol. The molecule has 11 nitrogen and oxygen atoms in total. The SMILES string of the molecule is CCOC(=O)CN(NC(=O)C(C(C)C)n1cccc(NC=O)c1=O)C(=O)CF.Cc1ccc(N)c(Cl)c1. The molecule has 2 aromatic rings. The molecule has 0 spiro atoms. The molecule has 37 heavy (non-hydrogen) atoms. The van der Waals surface area contributed by atoms with Gasteiger partial charge < -0.3 is 20.4 Å². The van der Waals surface area contributed by atoms with E-state index in [0.717, 1.165) is 10.1 Å². The number of amides is 3. The zero-order chi connectivity index (χ0) is 28.1. The summed E-state index contributed by atoms with van der Waals surface area (Å²) in [5, 5.41) is 3.38. The summed E-state index contributed by atoms with van der Waals surface area (Å²) in [5.41, 5.74) is 8.72. The summed E-state index contributed by atoms with van der Waals surface area (Å²) in [6.45, 7) is 4.77. The van der Waals surface area contributed by atoms with Crippen LogP contribution in [0.5, 0.6) is 0 Å². The second-order valence-corrected chi connectivity index (χ2v) is 8.41. The average molecular weight is 540 g/mol. The van der Waals surface area contributed by atoms with E-state index >= 15 is 0 Å². The molecule has 0 aliphatic carbocycles. The Morgan fingerprint density at radius 1 is 1.27 bits per heavy atom. The smallest absolute Gasteiger partial charge is 0.327 e. The lowest BCUT2D eigenvalue weighted by atomic mass is 10.0. The standard InChI is InChI=1S/C17H23FN4O6.C7H8ClN/c1-4-28-14(25)9-22(13(24)8-18)20-16(26)15(11(2)3)21-7-5-6-12(17(21)27)19-10-23;1-5-2-3-7(9)6(8)4-5/h5-7,10-11,15H,4,8-9H2,1-3H3,(H,19,23)(H,20,26);2-4H,9H2,1H3. The summed E-state index contributed by atoms with van der Waals surface area (Å²) in [5.74, 6) is -3.21. The number of nitrogen functional groups attached to an aromatic ring is 1. The molecule has 0 saturated heterocycles. The fraction of sp³-hybridized carbons (Fsp3) is 0.375. The molecule has 1 heterocycles. The molecule has 202 valence electrons. The lowest BCUT2D eigenvalue weighted by Crippen LogP contribution is -2.53. The number of carbonyl (C=O) groups excluding carboxylic acids is 4. The van der Waals surface area contributed by atoms with Crippen molar-refractivity contribution < 1.29 is 28.3 Å². The number of anilines is 2. The van der Waals surface area contributed by atoms with Gasteiger partial charge in [0, 0.05) is 6.20 Å². The predicted molar refractivity (Wildman–Crippen MR) is 137 cm³/mol. The number of halogens is 2. The quantitative estimate of drug-likeness (QED) is 0.191. The van der Waals surface area contributed by atoms with Crippen molar-refractivity contribution in [2.45, 2.75) is 33.7 Å². The number of aryl methyl sites for hydroxylation is 1. The summed E-state index contributed by atoms with van der Waals surface area (Å²) in [6, 6.07) is 7.30. The molecule has 0 aliphatic rings. The van der Waals surface area contributed by atoms with Gasteiger partial charge in [0.1, 0.15) is 18.3 Å². The molecule has 0 aliphatic heterocycles. The Balaban J connectivity index is 0.000000635. The van der Waals surface area contributed by atoms with E-state index in [4.69, 9.17) is 22.1 Å². The minimum absolute atomic E-state index is 0.0424. The number of nitrogens with one attached hydrogen (secondary N) is 2. The van der Waals surface area contributed by atoms with Crippen LogP contribution < -0.4 is 22.0 Å². The maximum Gasteiger partial charge on any atom is 0.327 e. The molecular formula is C24H31ClFN5O6. The van der Waals surface area contributed by atoms with Gasteiger partial charge in [0.2, 0.25) is 6.41 Å². The highest BCUT2D eigenvalue weighted by molar-refractivity contribution is 6.33. The van der Waals surface area contributed by atoms with Gasteiger partial charge >= 0.3 is 5.97 Å². The first-order valence-corrected chi connectivity index (χ1v) is 11.6. The van der Waals surface area contributed by atoms with Crippen molar-refractivity contribution in [1.29, 1.82) is 0 Å². The summed E-state index contributed by atoms with van der Waals surface area (Å²) in [6.07, 6.45) is 1.67. The van der Waals surface area contributed by atoms with Crippen molar-refractivity contribution in [3.63, 3.8) is 0 Å². The van der Waals surface area contributed by atoms with Crippen LogP contribution in [0.25, 0.3) is 0 Å². The molecule has 0 bridgehead atoms. The van der Waals surface area contributed by atoms with E-state index in [0.29, 0.717) is 22.1 Å². The number of hydrogen-bond donors (Lipinski definition) is 3. The zero-order valence-corrected chi connectivity index (χ0v) is 21.8. The van der Waals surface area contributed by atoms with Crippen LogP contribution in [0, 0.1) is 12.8 Å². The Bertz CT molecular complexity index is 1160. The Morgan fingerprint density at radius 2 is 1.95 bits per heavy atom. The van der Waals surface area contributed by atoms with Crippen LogP contribution in [0.1, 0.15) is 32.4 Å². The number of alkyl halides is 1. The van der Waals surface area contributed by atoms with Crippen LogP contribution in [0.4, 0.5) is 15.8 Å². The number of benzene rings is 1. The molecular weight excluding hydrogens is 509 g/mol. The van der Waals surface area contributed by atoms with Gasteiger partial charge in [-0.15, -0.1) is 0 Å². The Labute approximate surface area is 218 Å². The number of rotatable bonds is 9. The van der Waals surface area contributed by atoms with Crippen molar-refractivity contribution in [3.05, 3.63) is 57.5 Å². The molecule has 1 aromatic carbocycles. The van der Waals surface area contributed by atoms with Crippen molar-refractivity contribution >= 4 is 47.2 Å². The third kappa shape index (κ3) is 9.56. The summed E-state index contributed by atoms with van der Waals surface area (Å²) in [7, 11) is 0. The van der Waals surface area contributed by atoms with E-state index in [1.165, 1.54) is 18.3 Å². The normalized spacial score (nSPS) is 11.0. The zero-order valence-electron chi connectivity index (χ0n) is 21.0. The third-order valence-electron chi connectivity index (χ3n) is 4.80. The number of pyridine rings is 1. The second-order valence-electron chi connectivity index (χ2n) is 8.00. The first-order chi connectivity index (χ1) is 17.5. The topological polar surface area (TPSA) is 153 Å².